The van der Waals surface area contributed by atoms with Crippen molar-refractivity contribution in [2.24, 2.45) is 5.41 Å². The number of ether oxygens (including phenoxy) is 2. The molecule has 1 saturated heterocycles. The van der Waals surface area contributed by atoms with E-state index in [1.165, 1.54) is 9.08 Å². The van der Waals surface area contributed by atoms with E-state index in [1.807, 2.05) is 0 Å². The van der Waals surface area contributed by atoms with Gasteiger partial charge in [0.05, 0.1) is 6.61 Å². The van der Waals surface area contributed by atoms with Crippen molar-refractivity contribution >= 4 is 27.5 Å². The molecule has 25 heavy (non-hydrogen) atoms. The van der Waals surface area contributed by atoms with Gasteiger partial charge in [-0.15, -0.1) is 0 Å². The van der Waals surface area contributed by atoms with Crippen molar-refractivity contribution in [2.75, 3.05) is 19.8 Å². The number of carbonyl (C=O) groups excluding carboxylic acids is 1. The zero-order valence-corrected chi connectivity index (χ0v) is 15.7. The molecule has 0 spiro atoms. The number of aromatic nitrogens is 3. The molecule has 136 valence electrons. The minimum absolute atomic E-state index is 0.105. The normalized spacial score (nSPS) is 16.9. The van der Waals surface area contributed by atoms with E-state index in [-0.39, 0.29) is 12.0 Å². The Balaban J connectivity index is 2.19. The summed E-state index contributed by atoms with van der Waals surface area (Å²) in [5, 5.41) is 14.5. The van der Waals surface area contributed by atoms with Crippen LogP contribution in [0.15, 0.2) is 15.5 Å². The van der Waals surface area contributed by atoms with Gasteiger partial charge in [-0.3, -0.25) is 9.36 Å². The summed E-state index contributed by atoms with van der Waals surface area (Å²) in [6, 6.07) is 1.64. The maximum Gasteiger partial charge on any atom is 0.349 e. The Bertz CT molecular complexity index is 867. The molecule has 1 aliphatic rings. The first-order valence-electron chi connectivity index (χ1n) is 8.12. The zero-order valence-electron chi connectivity index (χ0n) is 14.1. The lowest BCUT2D eigenvalue weighted by Gasteiger charge is -2.34. The number of hydrogen-bond donors (Lipinski definition) is 1. The molecule has 0 radical (unpaired) electrons. The smallest absolute Gasteiger partial charge is 0.349 e. The van der Waals surface area contributed by atoms with E-state index in [1.54, 1.807) is 13.0 Å². The van der Waals surface area contributed by atoms with Crippen LogP contribution in [-0.2, 0) is 16.0 Å². The fourth-order valence-corrected chi connectivity index (χ4v) is 3.43. The molecule has 9 heteroatoms. The molecule has 0 bridgehead atoms. The number of esters is 1. The summed E-state index contributed by atoms with van der Waals surface area (Å²) in [7, 11) is 0. The van der Waals surface area contributed by atoms with Gasteiger partial charge in [0.1, 0.15) is 10.3 Å². The van der Waals surface area contributed by atoms with Crippen molar-refractivity contribution in [3.8, 4) is 5.88 Å². The molecule has 1 fully saturated rings. The van der Waals surface area contributed by atoms with Gasteiger partial charge in [0.15, 0.2) is 5.56 Å². The Hall–Kier alpha value is -1.87. The SMILES string of the molecule is CCOC(=O)c1c(O)n2nc(Br)cc2n(CC2(C)CCOCC2)c1=O. The van der Waals surface area contributed by atoms with Crippen LogP contribution in [-0.4, -0.2) is 45.1 Å². The Morgan fingerprint density at radius 2 is 2.16 bits per heavy atom. The third kappa shape index (κ3) is 3.30. The average molecular weight is 414 g/mol. The Labute approximate surface area is 152 Å². The van der Waals surface area contributed by atoms with E-state index < -0.39 is 23.0 Å². The highest BCUT2D eigenvalue weighted by atomic mass is 79.9. The van der Waals surface area contributed by atoms with Crippen LogP contribution in [0.2, 0.25) is 0 Å². The number of halogens is 1. The van der Waals surface area contributed by atoms with Crippen molar-refractivity contribution in [3.63, 3.8) is 0 Å². The van der Waals surface area contributed by atoms with Crippen LogP contribution in [0, 0.1) is 5.41 Å². The first-order valence-corrected chi connectivity index (χ1v) is 8.91. The summed E-state index contributed by atoms with van der Waals surface area (Å²) in [5.41, 5.74) is -0.721. The summed E-state index contributed by atoms with van der Waals surface area (Å²) in [6.07, 6.45) is 1.60. The third-order valence-corrected chi connectivity index (χ3v) is 4.93. The van der Waals surface area contributed by atoms with E-state index in [0.717, 1.165) is 12.8 Å². The number of aromatic hydroxyl groups is 1. The number of hydrogen-bond acceptors (Lipinski definition) is 6. The first-order chi connectivity index (χ1) is 11.9. The molecular formula is C16H20BrN3O5. The molecule has 0 aromatic carbocycles. The summed E-state index contributed by atoms with van der Waals surface area (Å²) >= 11 is 3.25. The molecule has 1 N–H and O–H groups in total. The third-order valence-electron chi connectivity index (χ3n) is 4.54. The van der Waals surface area contributed by atoms with Gasteiger partial charge in [-0.25, -0.2) is 4.79 Å². The second-order valence-electron chi connectivity index (χ2n) is 6.47. The van der Waals surface area contributed by atoms with Gasteiger partial charge in [0, 0.05) is 25.8 Å². The molecule has 3 heterocycles. The molecule has 2 aromatic rings. The van der Waals surface area contributed by atoms with E-state index in [4.69, 9.17) is 9.47 Å². The van der Waals surface area contributed by atoms with E-state index in [2.05, 4.69) is 28.0 Å². The molecule has 0 aliphatic carbocycles. The fourth-order valence-electron chi connectivity index (χ4n) is 3.07. The van der Waals surface area contributed by atoms with Gasteiger partial charge >= 0.3 is 5.97 Å². The molecule has 1 aliphatic heterocycles. The van der Waals surface area contributed by atoms with Gasteiger partial charge < -0.3 is 14.6 Å². The highest BCUT2D eigenvalue weighted by Crippen LogP contribution is 2.32. The van der Waals surface area contributed by atoms with E-state index in [9.17, 15) is 14.7 Å². The lowest BCUT2D eigenvalue weighted by atomic mass is 9.82. The Morgan fingerprint density at radius 3 is 2.80 bits per heavy atom. The molecular weight excluding hydrogens is 394 g/mol. The predicted molar refractivity (Wildman–Crippen MR) is 92.9 cm³/mol. The number of nitrogens with zero attached hydrogens (tertiary/aromatic N) is 3. The molecule has 0 unspecified atom stereocenters. The van der Waals surface area contributed by atoms with Crippen LogP contribution in [0.5, 0.6) is 5.88 Å². The van der Waals surface area contributed by atoms with Gasteiger partial charge in [-0.1, -0.05) is 6.92 Å². The molecule has 3 rings (SSSR count). The van der Waals surface area contributed by atoms with Gasteiger partial charge in [0.2, 0.25) is 5.88 Å². The topological polar surface area (TPSA) is 95.1 Å². The average Bonchev–Trinajstić information content (AvgIpc) is 2.95. The van der Waals surface area contributed by atoms with Crippen molar-refractivity contribution < 1.29 is 19.4 Å². The van der Waals surface area contributed by atoms with E-state index in [0.29, 0.717) is 30.0 Å². The fraction of sp³-hybridized carbons (Fsp3) is 0.562. The molecule has 0 atom stereocenters. The molecule has 8 nitrogen and oxygen atoms in total. The summed E-state index contributed by atoms with van der Waals surface area (Å²) < 4.78 is 13.5. The van der Waals surface area contributed by atoms with Gasteiger partial charge in [-0.2, -0.15) is 9.61 Å². The quantitative estimate of drug-likeness (QED) is 0.769. The monoisotopic (exact) mass is 413 g/mol. The zero-order chi connectivity index (χ0) is 18.2. The second kappa shape index (κ2) is 6.80. The largest absolute Gasteiger partial charge is 0.492 e. The summed E-state index contributed by atoms with van der Waals surface area (Å²) in [6.45, 7) is 5.48. The van der Waals surface area contributed by atoms with Crippen molar-refractivity contribution in [1.82, 2.24) is 14.2 Å². The highest BCUT2D eigenvalue weighted by molar-refractivity contribution is 9.10. The lowest BCUT2D eigenvalue weighted by Crippen LogP contribution is -2.37. The second-order valence-corrected chi connectivity index (χ2v) is 7.28. The van der Waals surface area contributed by atoms with Crippen LogP contribution >= 0.6 is 15.9 Å². The van der Waals surface area contributed by atoms with Crippen LogP contribution < -0.4 is 5.56 Å². The van der Waals surface area contributed by atoms with Gasteiger partial charge in [0.25, 0.3) is 5.56 Å². The van der Waals surface area contributed by atoms with Crippen molar-refractivity contribution in [1.29, 1.82) is 0 Å². The molecule has 0 saturated carbocycles. The standard InChI is InChI=1S/C16H20BrN3O5/c1-3-25-15(23)12-13(21)19(9-16(2)4-6-24-7-5-16)11-8-10(17)18-20(11)14(12)22/h8,22H,3-7,9H2,1-2H3. The van der Waals surface area contributed by atoms with E-state index >= 15 is 0 Å². The number of fused-ring (bicyclic) bond motifs is 1. The van der Waals surface area contributed by atoms with Crippen molar-refractivity contribution in [3.05, 3.63) is 26.6 Å². The molecule has 0 amide bonds. The maximum atomic E-state index is 13.0. The van der Waals surface area contributed by atoms with Gasteiger partial charge in [-0.05, 0) is 41.1 Å². The Morgan fingerprint density at radius 1 is 1.48 bits per heavy atom. The van der Waals surface area contributed by atoms with Crippen LogP contribution in [0.4, 0.5) is 0 Å². The predicted octanol–water partition coefficient (Wildman–Crippen LogP) is 1.96. The number of carbonyl (C=O) groups is 1. The Kier molecular flexibility index (Phi) is 4.88. The summed E-state index contributed by atoms with van der Waals surface area (Å²) in [5.74, 6) is -1.37. The van der Waals surface area contributed by atoms with Crippen molar-refractivity contribution in [2.45, 2.75) is 33.2 Å². The molecule has 2 aromatic heterocycles. The minimum atomic E-state index is -0.857. The van der Waals surface area contributed by atoms with Crippen LogP contribution in [0.1, 0.15) is 37.0 Å². The lowest BCUT2D eigenvalue weighted by molar-refractivity contribution is 0.0153. The number of rotatable bonds is 4. The summed E-state index contributed by atoms with van der Waals surface area (Å²) in [4.78, 5) is 25.2. The maximum absolute atomic E-state index is 13.0. The first kappa shape index (κ1) is 17.9. The van der Waals surface area contributed by atoms with Crippen LogP contribution in [0.25, 0.3) is 5.65 Å². The minimum Gasteiger partial charge on any atom is -0.492 e. The van der Waals surface area contributed by atoms with Crippen LogP contribution in [0.3, 0.4) is 0 Å². The highest BCUT2D eigenvalue weighted by Gasteiger charge is 2.32.